The number of rotatable bonds is 17. The summed E-state index contributed by atoms with van der Waals surface area (Å²) in [5, 5.41) is 36.4. The van der Waals surface area contributed by atoms with Crippen molar-refractivity contribution in [2.75, 3.05) is 26.4 Å². The smallest absolute Gasteiger partial charge is 0.331 e. The lowest BCUT2D eigenvalue weighted by Crippen LogP contribution is -2.18. The van der Waals surface area contributed by atoms with E-state index in [1.165, 1.54) is 0 Å². The first-order valence-corrected chi connectivity index (χ1v) is 8.57. The highest BCUT2D eigenvalue weighted by Gasteiger charge is 2.12. The molecule has 0 radical (unpaired) electrons. The van der Waals surface area contributed by atoms with Crippen molar-refractivity contribution in [1.82, 2.24) is 0 Å². The maximum absolute atomic E-state index is 10.6. The summed E-state index contributed by atoms with van der Waals surface area (Å²) in [6, 6.07) is 0. The van der Waals surface area contributed by atoms with Gasteiger partial charge in [-0.3, -0.25) is 0 Å². The molecule has 8 nitrogen and oxygen atoms in total. The van der Waals surface area contributed by atoms with Gasteiger partial charge in [-0.15, -0.1) is 0 Å². The second-order valence-corrected chi connectivity index (χ2v) is 6.10. The third-order valence-electron chi connectivity index (χ3n) is 3.52. The van der Waals surface area contributed by atoms with E-state index in [-0.39, 0.29) is 37.2 Å². The molecule has 150 valence electrons. The largest absolute Gasteiger partial charge is 0.478 e. The van der Waals surface area contributed by atoms with Crippen molar-refractivity contribution in [3.05, 3.63) is 24.3 Å². The van der Waals surface area contributed by atoms with Gasteiger partial charge in [0.05, 0.1) is 25.4 Å². The molecule has 2 atom stereocenters. The highest BCUT2D eigenvalue weighted by molar-refractivity contribution is 5.86. The molecule has 0 fully saturated rings. The van der Waals surface area contributed by atoms with Crippen molar-refractivity contribution >= 4 is 11.9 Å². The van der Waals surface area contributed by atoms with Crippen LogP contribution in [0.5, 0.6) is 0 Å². The normalized spacial score (nSPS) is 13.2. The van der Waals surface area contributed by atoms with Gasteiger partial charge >= 0.3 is 11.9 Å². The maximum atomic E-state index is 10.6. The Morgan fingerprint density at radius 2 is 1.08 bits per heavy atom. The zero-order valence-corrected chi connectivity index (χ0v) is 15.1. The summed E-state index contributed by atoms with van der Waals surface area (Å²) >= 11 is 0. The van der Waals surface area contributed by atoms with Crippen LogP contribution in [0, 0.1) is 0 Å². The van der Waals surface area contributed by atoms with Crippen molar-refractivity contribution < 1.29 is 39.5 Å². The Morgan fingerprint density at radius 3 is 1.38 bits per heavy atom. The number of hydrogen-bond donors (Lipinski definition) is 4. The van der Waals surface area contributed by atoms with E-state index in [4.69, 9.17) is 19.7 Å². The standard InChI is InChI=1S/C18H30O8/c1-13(17(21)22)9-15(19)11-25-7-5-3-4-6-8-26-12-16(20)10-14(2)18(23)24/h15-16,19-20H,1-12H2,(H,21,22)(H,23,24). The molecule has 0 aliphatic rings. The average molecular weight is 374 g/mol. The average Bonchev–Trinajstić information content (AvgIpc) is 2.56. The van der Waals surface area contributed by atoms with Crippen LogP contribution >= 0.6 is 0 Å². The lowest BCUT2D eigenvalue weighted by atomic mass is 10.1. The molecule has 0 amide bonds. The number of aliphatic hydroxyl groups excluding tert-OH is 2. The SMILES string of the molecule is C=C(CC(O)COCCCCCCOCC(O)CC(=C)C(=O)O)C(=O)O. The molecule has 0 aromatic carbocycles. The van der Waals surface area contributed by atoms with Crippen LogP contribution in [-0.4, -0.2) is 71.0 Å². The first-order valence-electron chi connectivity index (χ1n) is 8.57. The van der Waals surface area contributed by atoms with Crippen LogP contribution in [0.4, 0.5) is 0 Å². The minimum atomic E-state index is -1.12. The molecule has 2 unspecified atom stereocenters. The second kappa shape index (κ2) is 14.4. The Morgan fingerprint density at radius 1 is 0.731 bits per heavy atom. The van der Waals surface area contributed by atoms with Crippen molar-refractivity contribution in [3.63, 3.8) is 0 Å². The Kier molecular flexibility index (Phi) is 13.5. The zero-order chi connectivity index (χ0) is 19.9. The summed E-state index contributed by atoms with van der Waals surface area (Å²) in [7, 11) is 0. The Labute approximate surface area is 153 Å². The minimum Gasteiger partial charge on any atom is -0.478 e. The highest BCUT2D eigenvalue weighted by Crippen LogP contribution is 2.07. The van der Waals surface area contributed by atoms with Gasteiger partial charge in [-0.1, -0.05) is 26.0 Å². The number of hydrogen-bond acceptors (Lipinski definition) is 6. The van der Waals surface area contributed by atoms with Crippen LogP contribution in [0.1, 0.15) is 38.5 Å². The van der Waals surface area contributed by atoms with Gasteiger partial charge in [0.15, 0.2) is 0 Å². The molecule has 8 heteroatoms. The van der Waals surface area contributed by atoms with Crippen molar-refractivity contribution in [2.24, 2.45) is 0 Å². The number of carbonyl (C=O) groups is 2. The summed E-state index contributed by atoms with van der Waals surface area (Å²) in [5.74, 6) is -2.24. The summed E-state index contributed by atoms with van der Waals surface area (Å²) < 4.78 is 10.6. The van der Waals surface area contributed by atoms with Gasteiger partial charge in [0.25, 0.3) is 0 Å². The Hall–Kier alpha value is -1.74. The summed E-state index contributed by atoms with van der Waals surface area (Å²) in [6.45, 7) is 7.81. The molecule has 0 saturated carbocycles. The van der Waals surface area contributed by atoms with Gasteiger partial charge in [-0.2, -0.15) is 0 Å². The van der Waals surface area contributed by atoms with Gasteiger partial charge in [-0.05, 0) is 12.8 Å². The summed E-state index contributed by atoms with van der Waals surface area (Å²) in [4.78, 5) is 21.1. The number of ether oxygens (including phenoxy) is 2. The maximum Gasteiger partial charge on any atom is 0.331 e. The Balaban J connectivity index is 3.44. The fourth-order valence-corrected chi connectivity index (χ4v) is 2.06. The molecule has 0 aliphatic carbocycles. The van der Waals surface area contributed by atoms with E-state index in [1.54, 1.807) is 0 Å². The number of aliphatic hydroxyl groups is 2. The highest BCUT2D eigenvalue weighted by atomic mass is 16.5. The predicted octanol–water partition coefficient (Wildman–Crippen LogP) is 1.36. The topological polar surface area (TPSA) is 134 Å². The fraction of sp³-hybridized carbons (Fsp3) is 0.667. The molecule has 4 N–H and O–H groups in total. The van der Waals surface area contributed by atoms with Gasteiger partial charge in [0.1, 0.15) is 0 Å². The fourth-order valence-electron chi connectivity index (χ4n) is 2.06. The van der Waals surface area contributed by atoms with Gasteiger partial charge in [0.2, 0.25) is 0 Å². The molecular weight excluding hydrogens is 344 g/mol. The van der Waals surface area contributed by atoms with Gasteiger partial charge in [-0.25, -0.2) is 9.59 Å². The summed E-state index contributed by atoms with van der Waals surface area (Å²) in [6.07, 6.45) is 1.70. The molecule has 0 aromatic rings. The third-order valence-corrected chi connectivity index (χ3v) is 3.52. The quantitative estimate of drug-likeness (QED) is 0.221. The monoisotopic (exact) mass is 374 g/mol. The van der Waals surface area contributed by atoms with Crippen LogP contribution in [0.2, 0.25) is 0 Å². The number of carboxylic acids is 2. The molecular formula is C18H30O8. The van der Waals surface area contributed by atoms with Gasteiger partial charge in [0, 0.05) is 37.2 Å². The van der Waals surface area contributed by atoms with E-state index in [0.29, 0.717) is 13.2 Å². The number of unbranched alkanes of at least 4 members (excludes halogenated alkanes) is 3. The molecule has 0 aliphatic heterocycles. The molecule has 0 rings (SSSR count). The van der Waals surface area contributed by atoms with Crippen molar-refractivity contribution in [2.45, 2.75) is 50.7 Å². The predicted molar refractivity (Wildman–Crippen MR) is 94.9 cm³/mol. The lowest BCUT2D eigenvalue weighted by Gasteiger charge is -2.12. The van der Waals surface area contributed by atoms with Crippen LogP contribution in [0.15, 0.2) is 24.3 Å². The van der Waals surface area contributed by atoms with E-state index in [2.05, 4.69) is 13.2 Å². The number of aliphatic carboxylic acids is 2. The lowest BCUT2D eigenvalue weighted by molar-refractivity contribution is -0.134. The second-order valence-electron chi connectivity index (χ2n) is 6.10. The zero-order valence-electron chi connectivity index (χ0n) is 15.1. The van der Waals surface area contributed by atoms with E-state index in [0.717, 1.165) is 25.7 Å². The summed E-state index contributed by atoms with van der Waals surface area (Å²) in [5.41, 5.74) is -0.0861. The molecule has 26 heavy (non-hydrogen) atoms. The van der Waals surface area contributed by atoms with Crippen LogP contribution in [-0.2, 0) is 19.1 Å². The number of carboxylic acid groups (broad SMARTS) is 2. The van der Waals surface area contributed by atoms with Crippen LogP contribution in [0.25, 0.3) is 0 Å². The minimum absolute atomic E-state index is 0.0155. The molecule has 0 bridgehead atoms. The van der Waals surface area contributed by atoms with Crippen molar-refractivity contribution in [3.8, 4) is 0 Å². The van der Waals surface area contributed by atoms with E-state index >= 15 is 0 Å². The third kappa shape index (κ3) is 13.5. The molecule has 0 aromatic heterocycles. The van der Waals surface area contributed by atoms with Crippen LogP contribution in [0.3, 0.4) is 0 Å². The Bertz CT molecular complexity index is 418. The van der Waals surface area contributed by atoms with Crippen molar-refractivity contribution in [1.29, 1.82) is 0 Å². The van der Waals surface area contributed by atoms with Crippen LogP contribution < -0.4 is 0 Å². The molecule has 0 saturated heterocycles. The van der Waals surface area contributed by atoms with E-state index in [1.807, 2.05) is 0 Å². The first-order chi connectivity index (χ1) is 12.2. The van der Waals surface area contributed by atoms with Gasteiger partial charge < -0.3 is 29.9 Å². The van der Waals surface area contributed by atoms with E-state index in [9.17, 15) is 19.8 Å². The van der Waals surface area contributed by atoms with E-state index < -0.39 is 24.1 Å². The first kappa shape index (κ1) is 24.3. The molecule has 0 spiro atoms. The molecule has 0 heterocycles.